The first-order valence-electron chi connectivity index (χ1n) is 15.9. The highest BCUT2D eigenvalue weighted by Gasteiger charge is 2.33. The smallest absolute Gasteiger partial charge is 0.162 e. The van der Waals surface area contributed by atoms with Crippen LogP contribution in [0.15, 0.2) is 95.5 Å². The van der Waals surface area contributed by atoms with Gasteiger partial charge in [0.05, 0.1) is 15.6 Å². The lowest BCUT2D eigenvalue weighted by atomic mass is 9.77. The van der Waals surface area contributed by atoms with E-state index in [-0.39, 0.29) is 11.6 Å². The molecule has 4 aromatic rings. The van der Waals surface area contributed by atoms with Gasteiger partial charge in [-0.05, 0) is 116 Å². The van der Waals surface area contributed by atoms with Gasteiger partial charge in [0.25, 0.3) is 0 Å². The van der Waals surface area contributed by atoms with E-state index in [1.165, 1.54) is 41.0 Å². The van der Waals surface area contributed by atoms with Crippen LogP contribution in [0.2, 0.25) is 10.0 Å². The van der Waals surface area contributed by atoms with Crippen LogP contribution in [0.25, 0.3) is 0 Å². The van der Waals surface area contributed by atoms with Gasteiger partial charge in [-0.2, -0.15) is 0 Å². The van der Waals surface area contributed by atoms with Gasteiger partial charge in [0.15, 0.2) is 5.78 Å². The number of carbonyl (C=O) groups is 1. The van der Waals surface area contributed by atoms with Crippen LogP contribution in [0.3, 0.4) is 0 Å². The third kappa shape index (κ3) is 8.66. The number of nitrogens with zero attached hydrogens (tertiary/aromatic N) is 1. The summed E-state index contributed by atoms with van der Waals surface area (Å²) in [6.07, 6.45) is 4.88. The first-order chi connectivity index (χ1) is 22.2. The molecule has 0 unspecified atom stereocenters. The summed E-state index contributed by atoms with van der Waals surface area (Å²) in [5, 5.41) is 15.6. The number of hydrogen-bond acceptors (Lipinski definition) is 4. The molecule has 2 atom stereocenters. The van der Waals surface area contributed by atoms with Gasteiger partial charge in [0.1, 0.15) is 5.82 Å². The Morgan fingerprint density at radius 1 is 0.935 bits per heavy atom. The number of benzene rings is 4. The van der Waals surface area contributed by atoms with Crippen molar-refractivity contribution in [2.24, 2.45) is 0 Å². The molecule has 1 saturated heterocycles. The third-order valence-corrected chi connectivity index (χ3v) is 10.6. The maximum Gasteiger partial charge on any atom is 0.162 e. The summed E-state index contributed by atoms with van der Waals surface area (Å²) >= 11 is 15.6. The average Bonchev–Trinajstić information content (AvgIpc) is 3.07. The number of hydrogen-bond donors (Lipinski definition) is 2. The minimum absolute atomic E-state index is 0.0494. The Hall–Kier alpha value is -2.58. The third-order valence-electron chi connectivity index (χ3n) is 9.29. The van der Waals surface area contributed by atoms with Crippen LogP contribution in [0.1, 0.15) is 83.1 Å². The van der Waals surface area contributed by atoms with Gasteiger partial charge in [0, 0.05) is 41.5 Å². The normalized spacial score (nSPS) is 19.1. The van der Waals surface area contributed by atoms with Crippen molar-refractivity contribution in [3.05, 3.63) is 139 Å². The molecule has 0 bridgehead atoms. The zero-order valence-electron chi connectivity index (χ0n) is 26.0. The van der Waals surface area contributed by atoms with Crippen molar-refractivity contribution >= 4 is 44.9 Å². The number of piperidine rings is 1. The number of aliphatic hydroxyl groups is 1. The Balaban J connectivity index is 0.000000187. The standard InChI is InChI=1S/C21H23BrFNO2.C17H17Cl2N/c22-18-7-5-17(6-8-18)21(26)11-14-24(15-12-21)13-1-2-20(25)16-3-9-19(23)10-4-16;1-20-17-9-7-12(13-4-2-3-5-14(13)17)11-6-8-15(18)16(19)10-11/h3-10,26H,1-2,11-15H2;2-6,8,10,12,17,20H,7,9H2,1H3/t;12-,17-/m.0/s1. The maximum absolute atomic E-state index is 12.9. The average molecular weight is 727 g/mol. The van der Waals surface area contributed by atoms with E-state index in [1.54, 1.807) is 0 Å². The summed E-state index contributed by atoms with van der Waals surface area (Å²) in [5.74, 6) is 0.132. The second-order valence-electron chi connectivity index (χ2n) is 12.2. The first-order valence-corrected chi connectivity index (χ1v) is 17.4. The molecule has 0 saturated carbocycles. The van der Waals surface area contributed by atoms with Crippen LogP contribution in [0, 0.1) is 5.82 Å². The molecule has 6 rings (SSSR count). The van der Waals surface area contributed by atoms with Gasteiger partial charge < -0.3 is 15.3 Å². The molecule has 4 aromatic carbocycles. The molecule has 0 amide bonds. The molecule has 0 radical (unpaired) electrons. The van der Waals surface area contributed by atoms with Gasteiger partial charge in [0.2, 0.25) is 0 Å². The summed E-state index contributed by atoms with van der Waals surface area (Å²) in [7, 11) is 2.03. The number of Topliss-reactive ketones (excluding diaryl/α,β-unsaturated/α-hetero) is 1. The molecule has 46 heavy (non-hydrogen) atoms. The Morgan fingerprint density at radius 3 is 2.26 bits per heavy atom. The second-order valence-corrected chi connectivity index (χ2v) is 13.9. The van der Waals surface area contributed by atoms with Crippen LogP contribution >= 0.6 is 39.1 Å². The highest BCUT2D eigenvalue weighted by atomic mass is 79.9. The Kier molecular flexibility index (Phi) is 12.1. The van der Waals surface area contributed by atoms with Gasteiger partial charge in [-0.25, -0.2) is 4.39 Å². The molecule has 1 heterocycles. The molecule has 1 aliphatic heterocycles. The van der Waals surface area contributed by atoms with Crippen LogP contribution in [-0.2, 0) is 5.60 Å². The topological polar surface area (TPSA) is 52.6 Å². The number of ketones is 1. The van der Waals surface area contributed by atoms with Gasteiger partial charge in [-0.3, -0.25) is 4.79 Å². The van der Waals surface area contributed by atoms with Crippen LogP contribution in [0.5, 0.6) is 0 Å². The SMILES string of the molecule is CN[C@H]1CC[C@@H](c2ccc(Cl)c(Cl)c2)c2ccccc21.O=C(CCCN1CCC(O)(c2ccc(Br)cc2)CC1)c1ccc(F)cc1. The zero-order valence-corrected chi connectivity index (χ0v) is 29.1. The van der Waals surface area contributed by atoms with Crippen molar-refractivity contribution in [3.8, 4) is 0 Å². The molecule has 2 N–H and O–H groups in total. The quantitative estimate of drug-likeness (QED) is 0.178. The maximum atomic E-state index is 12.9. The van der Waals surface area contributed by atoms with E-state index in [9.17, 15) is 14.3 Å². The van der Waals surface area contributed by atoms with Crippen LogP contribution in [-0.4, -0.2) is 42.5 Å². The summed E-state index contributed by atoms with van der Waals surface area (Å²) in [6, 6.07) is 28.7. The van der Waals surface area contributed by atoms with Crippen molar-refractivity contribution in [2.75, 3.05) is 26.7 Å². The molecule has 1 aliphatic carbocycles. The van der Waals surface area contributed by atoms with Crippen molar-refractivity contribution in [1.29, 1.82) is 0 Å². The van der Waals surface area contributed by atoms with Crippen molar-refractivity contribution < 1.29 is 14.3 Å². The van der Waals surface area contributed by atoms with E-state index in [2.05, 4.69) is 56.5 Å². The van der Waals surface area contributed by atoms with E-state index < -0.39 is 5.60 Å². The number of likely N-dealkylation sites (tertiary alicyclic amines) is 1. The van der Waals surface area contributed by atoms with Gasteiger partial charge in [-0.1, -0.05) is 81.6 Å². The predicted octanol–water partition coefficient (Wildman–Crippen LogP) is 9.71. The minimum atomic E-state index is -0.763. The number of halogens is 4. The van der Waals surface area contributed by atoms with Gasteiger partial charge >= 0.3 is 0 Å². The van der Waals surface area contributed by atoms with Crippen LogP contribution in [0.4, 0.5) is 4.39 Å². The van der Waals surface area contributed by atoms with E-state index in [0.29, 0.717) is 46.8 Å². The summed E-state index contributed by atoms with van der Waals surface area (Å²) in [4.78, 5) is 14.4. The number of carbonyl (C=O) groups excluding carboxylic acids is 1. The van der Waals surface area contributed by atoms with E-state index >= 15 is 0 Å². The minimum Gasteiger partial charge on any atom is -0.385 e. The Bertz CT molecular complexity index is 1610. The largest absolute Gasteiger partial charge is 0.385 e. The number of fused-ring (bicyclic) bond motifs is 1. The fraction of sp³-hybridized carbons (Fsp3) is 0.342. The molecule has 4 nitrogen and oxygen atoms in total. The first kappa shape index (κ1) is 34.7. The van der Waals surface area contributed by atoms with Crippen molar-refractivity contribution in [1.82, 2.24) is 10.2 Å². The second kappa shape index (κ2) is 16.0. The molecular weight excluding hydrogens is 686 g/mol. The van der Waals surface area contributed by atoms with Crippen molar-refractivity contribution in [2.45, 2.75) is 56.1 Å². The monoisotopic (exact) mass is 724 g/mol. The lowest BCUT2D eigenvalue weighted by Crippen LogP contribution is -2.42. The Morgan fingerprint density at radius 2 is 1.61 bits per heavy atom. The number of rotatable bonds is 8. The van der Waals surface area contributed by atoms with E-state index in [1.807, 2.05) is 43.4 Å². The summed E-state index contributed by atoms with van der Waals surface area (Å²) in [6.45, 7) is 2.47. The molecule has 0 aromatic heterocycles. The molecule has 8 heteroatoms. The molecular formula is C38H40BrCl2FN2O2. The fourth-order valence-corrected chi connectivity index (χ4v) is 7.17. The van der Waals surface area contributed by atoms with Crippen molar-refractivity contribution in [3.63, 3.8) is 0 Å². The Labute approximate surface area is 290 Å². The molecule has 2 aliphatic rings. The van der Waals surface area contributed by atoms with E-state index in [0.717, 1.165) is 48.9 Å². The summed E-state index contributed by atoms with van der Waals surface area (Å²) < 4.78 is 13.9. The van der Waals surface area contributed by atoms with Crippen LogP contribution < -0.4 is 5.32 Å². The number of nitrogens with one attached hydrogen (secondary N) is 1. The zero-order chi connectivity index (χ0) is 32.7. The van der Waals surface area contributed by atoms with Gasteiger partial charge in [-0.15, -0.1) is 0 Å². The molecule has 242 valence electrons. The van der Waals surface area contributed by atoms with E-state index in [4.69, 9.17) is 23.2 Å². The lowest BCUT2D eigenvalue weighted by molar-refractivity contribution is -0.0260. The highest BCUT2D eigenvalue weighted by molar-refractivity contribution is 9.10. The predicted molar refractivity (Wildman–Crippen MR) is 189 cm³/mol. The highest BCUT2D eigenvalue weighted by Crippen LogP contribution is 2.42. The fourth-order valence-electron chi connectivity index (χ4n) is 6.60. The molecule has 0 spiro atoms. The summed E-state index contributed by atoms with van der Waals surface area (Å²) in [5.41, 5.74) is 4.82. The lowest BCUT2D eigenvalue weighted by Gasteiger charge is -2.38. The molecule has 1 fully saturated rings.